The molecule has 5 rings (SSSR count). The van der Waals surface area contributed by atoms with Crippen molar-refractivity contribution in [2.45, 2.75) is 32.6 Å². The molecule has 1 fully saturated rings. The maximum Gasteiger partial charge on any atom is 0.261 e. The van der Waals surface area contributed by atoms with Gasteiger partial charge in [0.1, 0.15) is 5.75 Å². The molecule has 1 saturated carbocycles. The first-order valence-electron chi connectivity index (χ1n) is 9.82. The molecule has 0 unspecified atom stereocenters. The quantitative estimate of drug-likeness (QED) is 0.442. The summed E-state index contributed by atoms with van der Waals surface area (Å²) in [6, 6.07) is 11.8. The van der Waals surface area contributed by atoms with Gasteiger partial charge in [-0.05, 0) is 51.0 Å². The molecule has 0 aliphatic heterocycles. The molecule has 154 valence electrons. The average molecular weight is 424 g/mol. The second kappa shape index (κ2) is 8.28. The van der Waals surface area contributed by atoms with Gasteiger partial charge in [0.25, 0.3) is 5.89 Å². The van der Waals surface area contributed by atoms with Crippen LogP contribution in [0.3, 0.4) is 0 Å². The molecule has 1 aliphatic rings. The van der Waals surface area contributed by atoms with Crippen LogP contribution < -0.4 is 10.1 Å². The Morgan fingerprint density at radius 3 is 2.77 bits per heavy atom. The molecule has 1 N–H and O–H groups in total. The number of anilines is 2. The van der Waals surface area contributed by atoms with Crippen LogP contribution >= 0.6 is 12.4 Å². The number of ether oxygens (including phenoxy) is 1. The largest absolute Gasteiger partial charge is 0.492 e. The summed E-state index contributed by atoms with van der Waals surface area (Å²) in [6.07, 6.45) is 3.97. The molecule has 4 aromatic rings. The van der Waals surface area contributed by atoms with Gasteiger partial charge in [-0.15, -0.1) is 12.4 Å². The number of hydrogen-bond donors (Lipinski definition) is 1. The minimum atomic E-state index is 0. The molecule has 0 spiro atoms. The SMILES string of the molecule is CCOc1ccccc1Nc1c(-c2nc(C3CC3)no2)cnc2nc(C)ccc12.Cl. The minimum absolute atomic E-state index is 0. The molecule has 30 heavy (non-hydrogen) atoms. The van der Waals surface area contributed by atoms with Crippen molar-refractivity contribution in [2.24, 2.45) is 0 Å². The highest BCUT2D eigenvalue weighted by Gasteiger charge is 2.29. The van der Waals surface area contributed by atoms with E-state index in [0.717, 1.165) is 52.4 Å². The molecular weight excluding hydrogens is 402 g/mol. The Hall–Kier alpha value is -3.19. The number of aromatic nitrogens is 4. The third-order valence-corrected chi connectivity index (χ3v) is 4.93. The Balaban J connectivity index is 0.00000218. The molecule has 0 atom stereocenters. The van der Waals surface area contributed by atoms with Gasteiger partial charge < -0.3 is 14.6 Å². The standard InChI is InChI=1S/C22H21N5O2.ClH/c1-3-28-18-7-5-4-6-17(18)25-19-15-11-8-13(2)24-21(15)23-12-16(19)22-26-20(27-29-22)14-9-10-14;/h4-8,11-12,14H,3,9-10H2,1-2H3,(H,23,24,25);1H. The highest BCUT2D eigenvalue weighted by atomic mass is 35.5. The summed E-state index contributed by atoms with van der Waals surface area (Å²) in [4.78, 5) is 13.7. The van der Waals surface area contributed by atoms with Crippen molar-refractivity contribution < 1.29 is 9.26 Å². The van der Waals surface area contributed by atoms with E-state index in [1.54, 1.807) is 6.20 Å². The third-order valence-electron chi connectivity index (χ3n) is 4.93. The number of benzene rings is 1. The fourth-order valence-corrected chi connectivity index (χ4v) is 3.31. The Kier molecular flexibility index (Phi) is 5.55. The van der Waals surface area contributed by atoms with Crippen LogP contribution in [0.15, 0.2) is 47.1 Å². The van der Waals surface area contributed by atoms with Gasteiger partial charge in [0.05, 0.1) is 23.5 Å². The predicted molar refractivity (Wildman–Crippen MR) is 118 cm³/mol. The van der Waals surface area contributed by atoms with Crippen LogP contribution in [0.2, 0.25) is 0 Å². The van der Waals surface area contributed by atoms with Crippen molar-refractivity contribution in [1.29, 1.82) is 0 Å². The zero-order chi connectivity index (χ0) is 19.8. The van der Waals surface area contributed by atoms with E-state index in [9.17, 15) is 0 Å². The summed E-state index contributed by atoms with van der Waals surface area (Å²) < 4.78 is 11.4. The highest BCUT2D eigenvalue weighted by molar-refractivity contribution is 5.98. The molecule has 0 radical (unpaired) electrons. The van der Waals surface area contributed by atoms with Crippen LogP contribution in [0.1, 0.15) is 37.2 Å². The number of para-hydroxylation sites is 2. The van der Waals surface area contributed by atoms with Gasteiger partial charge in [0.15, 0.2) is 11.5 Å². The van der Waals surface area contributed by atoms with Gasteiger partial charge in [-0.25, -0.2) is 9.97 Å². The van der Waals surface area contributed by atoms with Crippen LogP contribution in [0.25, 0.3) is 22.5 Å². The van der Waals surface area contributed by atoms with E-state index < -0.39 is 0 Å². The Labute approximate surface area is 180 Å². The van der Waals surface area contributed by atoms with Gasteiger partial charge in [-0.3, -0.25) is 0 Å². The lowest BCUT2D eigenvalue weighted by Gasteiger charge is -2.15. The number of rotatable bonds is 6. The van der Waals surface area contributed by atoms with Crippen molar-refractivity contribution in [2.75, 3.05) is 11.9 Å². The highest BCUT2D eigenvalue weighted by Crippen LogP contribution is 2.41. The van der Waals surface area contributed by atoms with Crippen LogP contribution in [0.4, 0.5) is 11.4 Å². The molecule has 3 aromatic heterocycles. The zero-order valence-electron chi connectivity index (χ0n) is 16.8. The van der Waals surface area contributed by atoms with Crippen molar-refractivity contribution in [1.82, 2.24) is 20.1 Å². The van der Waals surface area contributed by atoms with Crippen molar-refractivity contribution in [3.8, 4) is 17.2 Å². The van der Waals surface area contributed by atoms with E-state index in [4.69, 9.17) is 9.26 Å². The van der Waals surface area contributed by atoms with Crippen molar-refractivity contribution in [3.05, 3.63) is 54.1 Å². The van der Waals surface area contributed by atoms with Crippen LogP contribution in [-0.2, 0) is 0 Å². The molecule has 0 amide bonds. The number of nitrogens with zero attached hydrogens (tertiary/aromatic N) is 4. The molecule has 3 heterocycles. The zero-order valence-corrected chi connectivity index (χ0v) is 17.6. The molecular formula is C22H22ClN5O2. The first kappa shape index (κ1) is 20.1. The molecule has 7 nitrogen and oxygen atoms in total. The summed E-state index contributed by atoms with van der Waals surface area (Å²) in [5.74, 6) is 2.41. The molecule has 0 bridgehead atoms. The van der Waals surface area contributed by atoms with Gasteiger partial charge >= 0.3 is 0 Å². The maximum atomic E-state index is 5.78. The first-order valence-corrected chi connectivity index (χ1v) is 9.82. The van der Waals surface area contributed by atoms with Crippen LogP contribution in [-0.4, -0.2) is 26.7 Å². The number of aryl methyl sites for hydroxylation is 1. The normalized spacial score (nSPS) is 13.1. The van der Waals surface area contributed by atoms with Crippen molar-refractivity contribution >= 4 is 34.8 Å². The third kappa shape index (κ3) is 3.80. The molecule has 1 aromatic carbocycles. The van der Waals surface area contributed by atoms with Gasteiger partial charge in [0, 0.05) is 23.2 Å². The number of halogens is 1. The first-order chi connectivity index (χ1) is 14.2. The van der Waals surface area contributed by atoms with Crippen LogP contribution in [0, 0.1) is 6.92 Å². The topological polar surface area (TPSA) is 86.0 Å². The minimum Gasteiger partial charge on any atom is -0.492 e. The number of fused-ring (bicyclic) bond motifs is 1. The lowest BCUT2D eigenvalue weighted by atomic mass is 10.1. The van der Waals surface area contributed by atoms with Gasteiger partial charge in [-0.1, -0.05) is 17.3 Å². The molecule has 0 saturated heterocycles. The fraction of sp³-hybridized carbons (Fsp3) is 0.273. The summed E-state index contributed by atoms with van der Waals surface area (Å²) in [5.41, 5.74) is 3.99. The Morgan fingerprint density at radius 1 is 1.13 bits per heavy atom. The summed E-state index contributed by atoms with van der Waals surface area (Å²) >= 11 is 0. The fourth-order valence-electron chi connectivity index (χ4n) is 3.31. The van der Waals surface area contributed by atoms with Gasteiger partial charge in [-0.2, -0.15) is 4.98 Å². The van der Waals surface area contributed by atoms with E-state index in [1.807, 2.05) is 50.2 Å². The van der Waals surface area contributed by atoms with E-state index in [-0.39, 0.29) is 12.4 Å². The predicted octanol–water partition coefficient (Wildman–Crippen LogP) is 5.43. The second-order valence-corrected chi connectivity index (χ2v) is 7.16. The lowest BCUT2D eigenvalue weighted by molar-refractivity contribution is 0.342. The smallest absolute Gasteiger partial charge is 0.261 e. The van der Waals surface area contributed by atoms with Crippen LogP contribution in [0.5, 0.6) is 5.75 Å². The van der Waals surface area contributed by atoms with E-state index in [0.29, 0.717) is 24.1 Å². The molecule has 8 heteroatoms. The number of pyridine rings is 2. The number of hydrogen-bond acceptors (Lipinski definition) is 7. The van der Waals surface area contributed by atoms with Gasteiger partial charge in [0.2, 0.25) is 0 Å². The summed E-state index contributed by atoms with van der Waals surface area (Å²) in [6.45, 7) is 4.50. The van der Waals surface area contributed by atoms with Crippen molar-refractivity contribution in [3.63, 3.8) is 0 Å². The molecule has 1 aliphatic carbocycles. The summed E-state index contributed by atoms with van der Waals surface area (Å²) in [7, 11) is 0. The van der Waals surface area contributed by atoms with E-state index >= 15 is 0 Å². The Bertz CT molecular complexity index is 1190. The maximum absolute atomic E-state index is 5.78. The van der Waals surface area contributed by atoms with E-state index in [1.165, 1.54) is 0 Å². The second-order valence-electron chi connectivity index (χ2n) is 7.16. The van der Waals surface area contributed by atoms with E-state index in [2.05, 4.69) is 25.4 Å². The lowest BCUT2D eigenvalue weighted by Crippen LogP contribution is -2.01. The monoisotopic (exact) mass is 423 g/mol. The average Bonchev–Trinajstić information content (AvgIpc) is 3.47. The summed E-state index contributed by atoms with van der Waals surface area (Å²) in [5, 5.41) is 8.55. The number of nitrogens with one attached hydrogen (secondary N) is 1. The Morgan fingerprint density at radius 2 is 1.97 bits per heavy atom.